The van der Waals surface area contributed by atoms with Crippen molar-refractivity contribution in [3.05, 3.63) is 29.3 Å². The fraction of sp³-hybridized carbons (Fsp3) is 0.571. The van der Waals surface area contributed by atoms with Gasteiger partial charge in [0.2, 0.25) is 0 Å². The Kier molecular flexibility index (Phi) is 4.81. The van der Waals surface area contributed by atoms with E-state index in [9.17, 15) is 0 Å². The number of hydrogen-bond donors (Lipinski definition) is 1. The third-order valence-electron chi connectivity index (χ3n) is 2.55. The molecule has 1 unspecified atom stereocenters. The van der Waals surface area contributed by atoms with Crippen LogP contribution in [0.25, 0.3) is 0 Å². The monoisotopic (exact) mass is 221 g/mol. The molecule has 2 nitrogen and oxygen atoms in total. The summed E-state index contributed by atoms with van der Waals surface area (Å²) >= 11 is 0. The van der Waals surface area contributed by atoms with E-state index in [1.807, 2.05) is 13.0 Å². The lowest BCUT2D eigenvalue weighted by Crippen LogP contribution is -2.11. The predicted molar refractivity (Wildman–Crippen MR) is 68.8 cm³/mol. The van der Waals surface area contributed by atoms with Gasteiger partial charge in [-0.3, -0.25) is 0 Å². The molecule has 0 bridgehead atoms. The van der Waals surface area contributed by atoms with Crippen LogP contribution in [0.5, 0.6) is 5.75 Å². The molecule has 2 N–H and O–H groups in total. The zero-order chi connectivity index (χ0) is 12.1. The first-order chi connectivity index (χ1) is 7.54. The van der Waals surface area contributed by atoms with Crippen LogP contribution >= 0.6 is 0 Å². The summed E-state index contributed by atoms with van der Waals surface area (Å²) in [4.78, 5) is 0. The van der Waals surface area contributed by atoms with E-state index in [-0.39, 0.29) is 6.04 Å². The minimum Gasteiger partial charge on any atom is -0.493 e. The van der Waals surface area contributed by atoms with Crippen molar-refractivity contribution in [1.82, 2.24) is 0 Å². The van der Waals surface area contributed by atoms with Crippen molar-refractivity contribution in [3.8, 4) is 5.75 Å². The fourth-order valence-corrected chi connectivity index (χ4v) is 1.56. The van der Waals surface area contributed by atoms with Crippen molar-refractivity contribution in [2.24, 2.45) is 11.7 Å². The van der Waals surface area contributed by atoms with Crippen molar-refractivity contribution in [3.63, 3.8) is 0 Å². The van der Waals surface area contributed by atoms with Gasteiger partial charge in [0, 0.05) is 11.6 Å². The molecule has 0 spiro atoms. The van der Waals surface area contributed by atoms with Crippen molar-refractivity contribution < 1.29 is 4.74 Å². The van der Waals surface area contributed by atoms with E-state index in [1.165, 1.54) is 5.56 Å². The van der Waals surface area contributed by atoms with Crippen LogP contribution in [0, 0.1) is 5.92 Å². The molecule has 0 radical (unpaired) electrons. The third kappa shape index (κ3) is 3.53. The van der Waals surface area contributed by atoms with Crippen LogP contribution in [0.1, 0.15) is 44.9 Å². The van der Waals surface area contributed by atoms with E-state index in [1.54, 1.807) is 0 Å². The van der Waals surface area contributed by atoms with Crippen LogP contribution in [0.4, 0.5) is 0 Å². The molecule has 16 heavy (non-hydrogen) atoms. The summed E-state index contributed by atoms with van der Waals surface area (Å²) in [6, 6.07) is 6.33. The molecule has 0 aliphatic heterocycles. The number of hydrogen-bond acceptors (Lipinski definition) is 2. The van der Waals surface area contributed by atoms with Crippen LogP contribution in [0.3, 0.4) is 0 Å². The molecule has 0 aliphatic rings. The summed E-state index contributed by atoms with van der Waals surface area (Å²) in [5.41, 5.74) is 8.39. The Labute approximate surface area is 98.8 Å². The van der Waals surface area contributed by atoms with Crippen molar-refractivity contribution in [2.45, 2.75) is 40.2 Å². The number of ether oxygens (including phenoxy) is 1. The van der Waals surface area contributed by atoms with Crippen LogP contribution in [0.2, 0.25) is 0 Å². The van der Waals surface area contributed by atoms with Crippen molar-refractivity contribution in [1.29, 1.82) is 0 Å². The van der Waals surface area contributed by atoms with Gasteiger partial charge in [-0.05, 0) is 30.9 Å². The molecule has 90 valence electrons. The molecule has 0 saturated heterocycles. The summed E-state index contributed by atoms with van der Waals surface area (Å²) in [6.45, 7) is 9.18. The molecule has 1 aromatic rings. The molecule has 0 heterocycles. The first-order valence-corrected chi connectivity index (χ1v) is 6.05. The summed E-state index contributed by atoms with van der Waals surface area (Å²) in [5.74, 6) is 1.47. The molecule has 0 aliphatic carbocycles. The van der Waals surface area contributed by atoms with Gasteiger partial charge in [0.05, 0.1) is 6.61 Å². The summed E-state index contributed by atoms with van der Waals surface area (Å²) in [7, 11) is 0. The van der Waals surface area contributed by atoms with Crippen molar-refractivity contribution >= 4 is 0 Å². The predicted octanol–water partition coefficient (Wildman–Crippen LogP) is 3.30. The molecular formula is C14H23NO. The Hall–Kier alpha value is -1.02. The lowest BCUT2D eigenvalue weighted by Gasteiger charge is -2.16. The van der Waals surface area contributed by atoms with E-state index < -0.39 is 0 Å². The minimum atomic E-state index is 0.0219. The SMILES string of the molecule is CCc1ccc(OCC(C)C)c(C(C)N)c1. The van der Waals surface area contributed by atoms with Crippen LogP contribution in [0.15, 0.2) is 18.2 Å². The van der Waals surface area contributed by atoms with E-state index in [4.69, 9.17) is 10.5 Å². The highest BCUT2D eigenvalue weighted by atomic mass is 16.5. The zero-order valence-corrected chi connectivity index (χ0v) is 10.8. The maximum absolute atomic E-state index is 5.96. The molecule has 0 amide bonds. The Bertz CT molecular complexity index is 332. The Morgan fingerprint density at radius 2 is 1.94 bits per heavy atom. The molecule has 1 atom stereocenters. The highest BCUT2D eigenvalue weighted by Crippen LogP contribution is 2.25. The van der Waals surface area contributed by atoms with Gasteiger partial charge in [0.25, 0.3) is 0 Å². The third-order valence-corrected chi connectivity index (χ3v) is 2.55. The van der Waals surface area contributed by atoms with Gasteiger partial charge in [-0.25, -0.2) is 0 Å². The van der Waals surface area contributed by atoms with E-state index in [0.717, 1.165) is 24.3 Å². The number of benzene rings is 1. The normalized spacial score (nSPS) is 12.9. The second-order valence-electron chi connectivity index (χ2n) is 4.72. The number of rotatable bonds is 5. The summed E-state index contributed by atoms with van der Waals surface area (Å²) in [5, 5.41) is 0. The molecule has 0 aromatic heterocycles. The van der Waals surface area contributed by atoms with Gasteiger partial charge in [0.15, 0.2) is 0 Å². The quantitative estimate of drug-likeness (QED) is 0.828. The lowest BCUT2D eigenvalue weighted by molar-refractivity contribution is 0.267. The van der Waals surface area contributed by atoms with E-state index >= 15 is 0 Å². The molecule has 1 rings (SSSR count). The Morgan fingerprint density at radius 1 is 1.25 bits per heavy atom. The smallest absolute Gasteiger partial charge is 0.124 e. The first-order valence-electron chi connectivity index (χ1n) is 6.05. The minimum absolute atomic E-state index is 0.0219. The summed E-state index contributed by atoms with van der Waals surface area (Å²) in [6.07, 6.45) is 1.03. The summed E-state index contributed by atoms with van der Waals surface area (Å²) < 4.78 is 5.78. The molecule has 0 saturated carbocycles. The van der Waals surface area contributed by atoms with Gasteiger partial charge < -0.3 is 10.5 Å². The van der Waals surface area contributed by atoms with E-state index in [0.29, 0.717) is 5.92 Å². The standard InChI is InChI=1S/C14H23NO/c1-5-12-6-7-14(16-9-10(2)3)13(8-12)11(4)15/h6-8,10-11H,5,9,15H2,1-4H3. The average molecular weight is 221 g/mol. The topological polar surface area (TPSA) is 35.2 Å². The Balaban J connectivity index is 2.89. The van der Waals surface area contributed by atoms with E-state index in [2.05, 4.69) is 32.9 Å². The largest absolute Gasteiger partial charge is 0.493 e. The van der Waals surface area contributed by atoms with Crippen LogP contribution in [-0.2, 0) is 6.42 Å². The maximum atomic E-state index is 5.96. The van der Waals surface area contributed by atoms with Crippen LogP contribution in [-0.4, -0.2) is 6.61 Å². The molecule has 1 aromatic carbocycles. The second kappa shape index (κ2) is 5.90. The number of nitrogens with two attached hydrogens (primary N) is 1. The molecule has 0 fully saturated rings. The first kappa shape index (κ1) is 13.0. The van der Waals surface area contributed by atoms with Gasteiger partial charge in [-0.1, -0.05) is 32.9 Å². The van der Waals surface area contributed by atoms with Crippen molar-refractivity contribution in [2.75, 3.05) is 6.61 Å². The van der Waals surface area contributed by atoms with Gasteiger partial charge in [-0.15, -0.1) is 0 Å². The fourth-order valence-electron chi connectivity index (χ4n) is 1.56. The Morgan fingerprint density at radius 3 is 2.44 bits per heavy atom. The average Bonchev–Trinajstić information content (AvgIpc) is 2.25. The maximum Gasteiger partial charge on any atom is 0.124 e. The molecule has 2 heteroatoms. The van der Waals surface area contributed by atoms with Crippen LogP contribution < -0.4 is 10.5 Å². The number of aryl methyl sites for hydroxylation is 1. The van der Waals surface area contributed by atoms with Gasteiger partial charge in [0.1, 0.15) is 5.75 Å². The highest BCUT2D eigenvalue weighted by Gasteiger charge is 2.09. The zero-order valence-electron chi connectivity index (χ0n) is 10.8. The second-order valence-corrected chi connectivity index (χ2v) is 4.72. The van der Waals surface area contributed by atoms with Gasteiger partial charge in [-0.2, -0.15) is 0 Å². The molecular weight excluding hydrogens is 198 g/mol. The van der Waals surface area contributed by atoms with Gasteiger partial charge >= 0.3 is 0 Å². The lowest BCUT2D eigenvalue weighted by atomic mass is 10.0. The highest BCUT2D eigenvalue weighted by molar-refractivity contribution is 5.39.